The summed E-state index contributed by atoms with van der Waals surface area (Å²) in [7, 11) is -4.47. The van der Waals surface area contributed by atoms with Gasteiger partial charge in [-0.3, -0.25) is 9.59 Å². The molecular weight excluding hydrogens is 618 g/mol. The van der Waals surface area contributed by atoms with Crippen LogP contribution in [0.15, 0.2) is 40.8 Å². The molecule has 2 rings (SSSR count). The molecule has 1 aromatic carbocycles. The first kappa shape index (κ1) is 39.5. The molecule has 0 aliphatic heterocycles. The first-order chi connectivity index (χ1) is 21.4. The molecule has 1 unspecified atom stereocenters. The van der Waals surface area contributed by atoms with Gasteiger partial charge in [-0.25, -0.2) is 21.9 Å². The number of rotatable bonds is 19. The van der Waals surface area contributed by atoms with E-state index >= 15 is 0 Å². The Labute approximate surface area is 272 Å². The number of sulfonamides is 1. The molecule has 0 fully saturated rings. The van der Waals surface area contributed by atoms with Crippen molar-refractivity contribution in [3.8, 4) is 0 Å². The predicted octanol–water partition coefficient (Wildman–Crippen LogP) is 3.14. The first-order valence-electron chi connectivity index (χ1n) is 15.9. The van der Waals surface area contributed by atoms with Crippen LogP contribution in [0.1, 0.15) is 72.8 Å². The number of primary amides is 1. The zero-order valence-corrected chi connectivity index (χ0v) is 28.7. The fourth-order valence-electron chi connectivity index (χ4n) is 5.70. The van der Waals surface area contributed by atoms with Crippen molar-refractivity contribution in [1.29, 1.82) is 0 Å². The van der Waals surface area contributed by atoms with Gasteiger partial charge in [0.2, 0.25) is 21.8 Å². The van der Waals surface area contributed by atoms with Gasteiger partial charge in [-0.1, -0.05) is 27.7 Å². The van der Waals surface area contributed by atoms with Crippen LogP contribution in [0.5, 0.6) is 0 Å². The molecule has 0 radical (unpaired) electrons. The second kappa shape index (κ2) is 16.9. The van der Waals surface area contributed by atoms with Crippen LogP contribution in [-0.4, -0.2) is 79.8 Å². The van der Waals surface area contributed by atoms with Crippen LogP contribution in [0.3, 0.4) is 0 Å². The molecule has 1 aliphatic carbocycles. The SMILES string of the molecule is CCCN(CCC)C(=O)C1=CC(S(=O)(=O)NC(C)(C)CO)=CC(C(N)=O)([C@H](Cc2cc(F)cc(F)c2)[C@@H](O)CNCCC(C)C)C1. The number of hydrogen-bond acceptors (Lipinski definition) is 7. The summed E-state index contributed by atoms with van der Waals surface area (Å²) in [5.74, 6) is -4.08. The average Bonchev–Trinajstić information content (AvgIpc) is 2.96. The van der Waals surface area contributed by atoms with Crippen molar-refractivity contribution in [2.75, 3.05) is 32.8 Å². The van der Waals surface area contributed by atoms with Crippen molar-refractivity contribution >= 4 is 21.8 Å². The van der Waals surface area contributed by atoms with E-state index in [0.717, 1.165) is 24.6 Å². The molecule has 0 bridgehead atoms. The van der Waals surface area contributed by atoms with Gasteiger partial charge in [-0.05, 0) is 88.3 Å². The Hall–Kier alpha value is -2.71. The summed E-state index contributed by atoms with van der Waals surface area (Å²) >= 11 is 0. The van der Waals surface area contributed by atoms with E-state index in [1.807, 2.05) is 27.7 Å². The third-order valence-electron chi connectivity index (χ3n) is 8.08. The number of aliphatic hydroxyl groups excluding tert-OH is 2. The molecule has 0 spiro atoms. The summed E-state index contributed by atoms with van der Waals surface area (Å²) in [6.45, 7) is 11.5. The van der Waals surface area contributed by atoms with Crippen LogP contribution in [0, 0.1) is 28.9 Å². The number of allylic oxidation sites excluding steroid dienone is 1. The summed E-state index contributed by atoms with van der Waals surface area (Å²) in [4.78, 5) is 28.8. The summed E-state index contributed by atoms with van der Waals surface area (Å²) in [5.41, 5.74) is 2.91. The maximum Gasteiger partial charge on any atom is 0.249 e. The molecule has 0 aromatic heterocycles. The van der Waals surface area contributed by atoms with Gasteiger partial charge in [-0.15, -0.1) is 0 Å². The standard InChI is InChI=1S/C33H52F2N4O6S/c1-7-11-39(12-8-2)30(42)24-16-27(46(44,45)38-32(5,6)21-40)19-33(18-24,31(36)43)28(29(41)20-37-10-9-22(3)4)15-23-13-25(34)17-26(35)14-23/h13-14,16-17,19,22,28-29,37-38,40-41H,7-12,15,18,20-21H2,1-6H3,(H2,36,43)/t28-,29+,33?/m1/s1. The van der Waals surface area contributed by atoms with Crippen molar-refractivity contribution in [1.82, 2.24) is 14.9 Å². The molecule has 2 amide bonds. The molecule has 0 heterocycles. The fourth-order valence-corrected chi connectivity index (χ4v) is 7.27. The lowest BCUT2D eigenvalue weighted by Gasteiger charge is -2.42. The number of aliphatic hydroxyl groups is 2. The number of nitrogens with two attached hydrogens (primary N) is 1. The van der Waals surface area contributed by atoms with Crippen LogP contribution < -0.4 is 15.8 Å². The molecule has 0 saturated carbocycles. The van der Waals surface area contributed by atoms with Crippen LogP contribution in [0.2, 0.25) is 0 Å². The maximum atomic E-state index is 14.3. The van der Waals surface area contributed by atoms with Crippen LogP contribution in [-0.2, 0) is 26.0 Å². The number of nitrogens with one attached hydrogen (secondary N) is 2. The lowest BCUT2D eigenvalue weighted by molar-refractivity contribution is -0.132. The van der Waals surface area contributed by atoms with E-state index in [4.69, 9.17) is 5.73 Å². The second-order valence-electron chi connectivity index (χ2n) is 13.3. The Morgan fingerprint density at radius 1 is 1.11 bits per heavy atom. The third-order valence-corrected chi connectivity index (χ3v) is 9.76. The number of carbonyl (C=O) groups is 2. The van der Waals surface area contributed by atoms with Gasteiger partial charge in [0.05, 0.1) is 28.6 Å². The minimum absolute atomic E-state index is 0.0132. The maximum absolute atomic E-state index is 14.3. The van der Waals surface area contributed by atoms with E-state index in [1.165, 1.54) is 19.9 Å². The van der Waals surface area contributed by atoms with Gasteiger partial charge in [0.25, 0.3) is 0 Å². The molecule has 46 heavy (non-hydrogen) atoms. The van der Waals surface area contributed by atoms with E-state index in [9.17, 15) is 37.0 Å². The molecule has 1 aliphatic rings. The quantitative estimate of drug-likeness (QED) is 0.141. The Morgan fingerprint density at radius 3 is 2.20 bits per heavy atom. The first-order valence-corrected chi connectivity index (χ1v) is 17.4. The molecule has 13 heteroatoms. The second-order valence-corrected chi connectivity index (χ2v) is 15.0. The van der Waals surface area contributed by atoms with Crippen LogP contribution in [0.25, 0.3) is 0 Å². The van der Waals surface area contributed by atoms with Crippen LogP contribution >= 0.6 is 0 Å². The summed E-state index contributed by atoms with van der Waals surface area (Å²) in [5, 5.41) is 24.6. The number of halogens is 2. The molecule has 260 valence electrons. The number of amides is 2. The lowest BCUT2D eigenvalue weighted by Crippen LogP contribution is -2.53. The Balaban J connectivity index is 2.83. The van der Waals surface area contributed by atoms with Gasteiger partial charge < -0.3 is 26.2 Å². The topological polar surface area (TPSA) is 162 Å². The highest BCUT2D eigenvalue weighted by atomic mass is 32.2. The van der Waals surface area contributed by atoms with Crippen molar-refractivity contribution in [2.24, 2.45) is 23.0 Å². The van der Waals surface area contributed by atoms with Gasteiger partial charge >= 0.3 is 0 Å². The van der Waals surface area contributed by atoms with E-state index < -0.39 is 68.0 Å². The number of nitrogens with zero attached hydrogens (tertiary/aromatic N) is 1. The molecular formula is C33H52F2N4O6S. The molecule has 6 N–H and O–H groups in total. The highest BCUT2D eigenvalue weighted by Crippen LogP contribution is 2.45. The van der Waals surface area contributed by atoms with E-state index in [0.29, 0.717) is 44.5 Å². The van der Waals surface area contributed by atoms with E-state index in [1.54, 1.807) is 4.90 Å². The van der Waals surface area contributed by atoms with Crippen LogP contribution in [0.4, 0.5) is 8.78 Å². The van der Waals surface area contributed by atoms with Gasteiger partial charge in [0.1, 0.15) is 11.6 Å². The molecule has 1 aromatic rings. The monoisotopic (exact) mass is 670 g/mol. The van der Waals surface area contributed by atoms with E-state index in [2.05, 4.69) is 10.0 Å². The lowest BCUT2D eigenvalue weighted by atomic mass is 9.64. The van der Waals surface area contributed by atoms with Crippen molar-refractivity contribution in [3.05, 3.63) is 58.0 Å². The molecule has 10 nitrogen and oxygen atoms in total. The predicted molar refractivity (Wildman–Crippen MR) is 175 cm³/mol. The van der Waals surface area contributed by atoms with Gasteiger partial charge in [-0.2, -0.15) is 0 Å². The van der Waals surface area contributed by atoms with Gasteiger partial charge in [0.15, 0.2) is 0 Å². The molecule has 0 saturated heterocycles. The minimum atomic E-state index is -4.47. The number of hydrogen-bond donors (Lipinski definition) is 5. The number of carbonyl (C=O) groups excluding carboxylic acids is 2. The van der Waals surface area contributed by atoms with Crippen molar-refractivity contribution in [2.45, 2.75) is 85.3 Å². The highest BCUT2D eigenvalue weighted by molar-refractivity contribution is 7.93. The fraction of sp³-hybridized carbons (Fsp3) is 0.636. The van der Waals surface area contributed by atoms with Crippen molar-refractivity contribution < 1.29 is 37.0 Å². The Morgan fingerprint density at radius 2 is 1.70 bits per heavy atom. The minimum Gasteiger partial charge on any atom is -0.394 e. The normalized spacial score (nSPS) is 18.6. The molecule has 3 atom stereocenters. The Bertz CT molecular complexity index is 1360. The Kier molecular flexibility index (Phi) is 14.5. The third kappa shape index (κ3) is 10.7. The summed E-state index contributed by atoms with van der Waals surface area (Å²) in [6.07, 6.45) is 2.41. The smallest absolute Gasteiger partial charge is 0.249 e. The summed E-state index contributed by atoms with van der Waals surface area (Å²) < 4.78 is 58.6. The zero-order valence-electron chi connectivity index (χ0n) is 27.9. The van der Waals surface area contributed by atoms with Crippen molar-refractivity contribution in [3.63, 3.8) is 0 Å². The summed E-state index contributed by atoms with van der Waals surface area (Å²) in [6, 6.07) is 2.85. The average molecular weight is 671 g/mol. The van der Waals surface area contributed by atoms with Gasteiger partial charge in [0, 0.05) is 37.2 Å². The zero-order chi connectivity index (χ0) is 34.9. The van der Waals surface area contributed by atoms with E-state index in [-0.39, 0.29) is 30.5 Å². The largest absolute Gasteiger partial charge is 0.394 e. The number of benzene rings is 1. The highest BCUT2D eigenvalue weighted by Gasteiger charge is 2.50.